The maximum Gasteiger partial charge on any atom is 0.338 e. The van der Waals surface area contributed by atoms with Crippen LogP contribution in [0.5, 0.6) is 0 Å². The molecule has 146 valence electrons. The van der Waals surface area contributed by atoms with Gasteiger partial charge in [0.15, 0.2) is 6.61 Å². The van der Waals surface area contributed by atoms with Crippen molar-refractivity contribution >= 4 is 17.8 Å². The molecule has 28 heavy (non-hydrogen) atoms. The number of carbonyl (C=O) groups is 3. The summed E-state index contributed by atoms with van der Waals surface area (Å²) in [6.07, 6.45) is 2.80. The van der Waals surface area contributed by atoms with E-state index in [9.17, 15) is 14.4 Å². The molecule has 2 amide bonds. The highest BCUT2D eigenvalue weighted by Crippen LogP contribution is 2.18. The molecular weight excluding hydrogens is 356 g/mol. The van der Waals surface area contributed by atoms with Gasteiger partial charge in [-0.1, -0.05) is 48.5 Å². The number of benzene rings is 2. The summed E-state index contributed by atoms with van der Waals surface area (Å²) in [6, 6.07) is 16.4. The van der Waals surface area contributed by atoms with E-state index < -0.39 is 30.4 Å². The third-order valence-corrected chi connectivity index (χ3v) is 4.95. The minimum atomic E-state index is -0.620. The maximum absolute atomic E-state index is 12.6. The molecule has 6 heteroatoms. The first-order valence-electron chi connectivity index (χ1n) is 9.44. The Labute approximate surface area is 164 Å². The first-order valence-corrected chi connectivity index (χ1v) is 9.44. The van der Waals surface area contributed by atoms with E-state index in [1.54, 1.807) is 12.1 Å². The average Bonchev–Trinajstić information content (AvgIpc) is 2.73. The number of primary amides is 1. The summed E-state index contributed by atoms with van der Waals surface area (Å²) >= 11 is 0. The summed E-state index contributed by atoms with van der Waals surface area (Å²) in [5, 5.41) is 0. The summed E-state index contributed by atoms with van der Waals surface area (Å²) in [7, 11) is 0. The molecule has 0 radical (unpaired) electrons. The van der Waals surface area contributed by atoms with Gasteiger partial charge in [-0.3, -0.25) is 9.59 Å². The number of esters is 1. The van der Waals surface area contributed by atoms with E-state index in [0.717, 1.165) is 24.0 Å². The summed E-state index contributed by atoms with van der Waals surface area (Å²) in [5.41, 5.74) is 7.74. The zero-order valence-electron chi connectivity index (χ0n) is 15.7. The Hall–Kier alpha value is -3.15. The monoisotopic (exact) mass is 380 g/mol. The Kier molecular flexibility index (Phi) is 6.42. The number of nitrogens with zero attached hydrogens (tertiary/aromatic N) is 1. The largest absolute Gasteiger partial charge is 0.452 e. The molecule has 2 aromatic carbocycles. The van der Waals surface area contributed by atoms with Gasteiger partial charge in [-0.2, -0.15) is 0 Å². The van der Waals surface area contributed by atoms with Crippen molar-refractivity contribution in [3.8, 4) is 0 Å². The van der Waals surface area contributed by atoms with E-state index in [1.807, 2.05) is 42.5 Å². The predicted molar refractivity (Wildman–Crippen MR) is 105 cm³/mol. The van der Waals surface area contributed by atoms with Gasteiger partial charge in [0.1, 0.15) is 6.04 Å². The number of likely N-dealkylation sites (tertiary alicyclic amines) is 1. The van der Waals surface area contributed by atoms with Crippen LogP contribution in [0.4, 0.5) is 0 Å². The van der Waals surface area contributed by atoms with Crippen LogP contribution in [0.1, 0.15) is 40.7 Å². The molecule has 1 fully saturated rings. The molecule has 1 atom stereocenters. The Morgan fingerprint density at radius 1 is 1.00 bits per heavy atom. The zero-order valence-corrected chi connectivity index (χ0v) is 15.7. The Morgan fingerprint density at radius 2 is 1.71 bits per heavy atom. The van der Waals surface area contributed by atoms with Gasteiger partial charge >= 0.3 is 5.97 Å². The molecule has 1 heterocycles. The second kappa shape index (κ2) is 9.17. The number of rotatable bonds is 6. The fraction of sp³-hybridized carbons (Fsp3) is 0.318. The standard InChI is InChI=1S/C22H24N2O4/c23-21(26)19-12-6-7-13-24(19)20(25)15-28-22(27)18-11-5-4-10-17(18)14-16-8-2-1-3-9-16/h1-5,8-11,19H,6-7,12-15H2,(H2,23,26)/t19-/m0/s1. The molecule has 0 unspecified atom stereocenters. The summed E-state index contributed by atoms with van der Waals surface area (Å²) in [6.45, 7) is 0.0524. The number of carbonyl (C=O) groups excluding carboxylic acids is 3. The molecule has 1 aliphatic rings. The smallest absolute Gasteiger partial charge is 0.338 e. The molecular formula is C22H24N2O4. The third kappa shape index (κ3) is 4.76. The highest BCUT2D eigenvalue weighted by molar-refractivity contribution is 5.93. The molecule has 0 aliphatic carbocycles. The maximum atomic E-state index is 12.6. The van der Waals surface area contributed by atoms with E-state index in [2.05, 4.69) is 0 Å². The fourth-order valence-corrected chi connectivity index (χ4v) is 3.50. The normalized spacial score (nSPS) is 16.4. The average molecular weight is 380 g/mol. The molecule has 0 saturated carbocycles. The predicted octanol–water partition coefficient (Wildman–Crippen LogP) is 2.30. The van der Waals surface area contributed by atoms with Crippen LogP contribution in [0.2, 0.25) is 0 Å². The van der Waals surface area contributed by atoms with Crippen LogP contribution in [0.15, 0.2) is 54.6 Å². The lowest BCUT2D eigenvalue weighted by molar-refractivity contribution is -0.143. The number of hydrogen-bond donors (Lipinski definition) is 1. The SMILES string of the molecule is NC(=O)[C@@H]1CCCCN1C(=O)COC(=O)c1ccccc1Cc1ccccc1. The molecule has 1 saturated heterocycles. The number of nitrogens with two attached hydrogens (primary N) is 1. The lowest BCUT2D eigenvalue weighted by atomic mass is 10.00. The highest BCUT2D eigenvalue weighted by Gasteiger charge is 2.31. The number of amides is 2. The number of ether oxygens (including phenoxy) is 1. The molecule has 6 nitrogen and oxygen atoms in total. The van der Waals surface area contributed by atoms with Crippen LogP contribution in [0.25, 0.3) is 0 Å². The molecule has 3 rings (SSSR count). The van der Waals surface area contributed by atoms with Crippen molar-refractivity contribution in [2.45, 2.75) is 31.7 Å². The van der Waals surface area contributed by atoms with Crippen LogP contribution in [0.3, 0.4) is 0 Å². The van der Waals surface area contributed by atoms with Crippen LogP contribution >= 0.6 is 0 Å². The third-order valence-electron chi connectivity index (χ3n) is 4.95. The topological polar surface area (TPSA) is 89.7 Å². The van der Waals surface area contributed by atoms with Crippen molar-refractivity contribution in [3.05, 3.63) is 71.3 Å². The van der Waals surface area contributed by atoms with Gasteiger partial charge in [0.25, 0.3) is 5.91 Å². The van der Waals surface area contributed by atoms with Crippen LogP contribution < -0.4 is 5.73 Å². The van der Waals surface area contributed by atoms with Crippen molar-refractivity contribution < 1.29 is 19.1 Å². The van der Waals surface area contributed by atoms with Crippen molar-refractivity contribution in [2.75, 3.05) is 13.2 Å². The van der Waals surface area contributed by atoms with E-state index in [0.29, 0.717) is 24.9 Å². The number of hydrogen-bond acceptors (Lipinski definition) is 4. The lowest BCUT2D eigenvalue weighted by Crippen LogP contribution is -2.51. The lowest BCUT2D eigenvalue weighted by Gasteiger charge is -2.33. The van der Waals surface area contributed by atoms with Crippen LogP contribution in [0, 0.1) is 0 Å². The van der Waals surface area contributed by atoms with Crippen molar-refractivity contribution in [1.29, 1.82) is 0 Å². The van der Waals surface area contributed by atoms with Crippen molar-refractivity contribution in [3.63, 3.8) is 0 Å². The van der Waals surface area contributed by atoms with Crippen LogP contribution in [-0.4, -0.2) is 41.9 Å². The molecule has 2 N–H and O–H groups in total. The minimum absolute atomic E-state index is 0.391. The quantitative estimate of drug-likeness (QED) is 0.779. The second-order valence-electron chi connectivity index (χ2n) is 6.90. The van der Waals surface area contributed by atoms with E-state index in [-0.39, 0.29) is 0 Å². The van der Waals surface area contributed by atoms with E-state index in [1.165, 1.54) is 4.90 Å². The fourth-order valence-electron chi connectivity index (χ4n) is 3.50. The Morgan fingerprint density at radius 3 is 2.46 bits per heavy atom. The van der Waals surface area contributed by atoms with Gasteiger partial charge < -0.3 is 15.4 Å². The molecule has 0 bridgehead atoms. The van der Waals surface area contributed by atoms with Gasteiger partial charge in [-0.15, -0.1) is 0 Å². The summed E-state index contributed by atoms with van der Waals surface area (Å²) in [4.78, 5) is 38.0. The molecule has 0 spiro atoms. The molecule has 0 aromatic heterocycles. The van der Waals surface area contributed by atoms with Crippen molar-refractivity contribution in [2.24, 2.45) is 5.73 Å². The van der Waals surface area contributed by atoms with Crippen LogP contribution in [-0.2, 0) is 20.7 Å². The Balaban J connectivity index is 1.65. The second-order valence-corrected chi connectivity index (χ2v) is 6.90. The summed E-state index contributed by atoms with van der Waals surface area (Å²) < 4.78 is 5.27. The van der Waals surface area contributed by atoms with E-state index >= 15 is 0 Å². The first kappa shape index (κ1) is 19.6. The van der Waals surface area contributed by atoms with E-state index in [4.69, 9.17) is 10.5 Å². The first-order chi connectivity index (χ1) is 13.6. The number of piperidine rings is 1. The van der Waals surface area contributed by atoms with Gasteiger partial charge in [-0.25, -0.2) is 4.79 Å². The highest BCUT2D eigenvalue weighted by atomic mass is 16.5. The minimum Gasteiger partial charge on any atom is -0.452 e. The zero-order chi connectivity index (χ0) is 19.9. The van der Waals surface area contributed by atoms with Gasteiger partial charge in [-0.05, 0) is 42.9 Å². The summed E-state index contributed by atoms with van der Waals surface area (Å²) in [5.74, 6) is -1.46. The van der Waals surface area contributed by atoms with Gasteiger partial charge in [0.05, 0.1) is 5.56 Å². The van der Waals surface area contributed by atoms with Crippen molar-refractivity contribution in [1.82, 2.24) is 4.90 Å². The van der Waals surface area contributed by atoms with Gasteiger partial charge in [0, 0.05) is 6.54 Å². The van der Waals surface area contributed by atoms with Gasteiger partial charge in [0.2, 0.25) is 5.91 Å². The molecule has 1 aliphatic heterocycles. The molecule has 2 aromatic rings. The Bertz CT molecular complexity index is 851.